The van der Waals surface area contributed by atoms with Crippen molar-refractivity contribution in [3.63, 3.8) is 0 Å². The quantitative estimate of drug-likeness (QED) is 0.877. The Hall–Kier alpha value is -1.27. The zero-order valence-corrected chi connectivity index (χ0v) is 14.0. The summed E-state index contributed by atoms with van der Waals surface area (Å²) >= 11 is 9.73. The predicted octanol–water partition coefficient (Wildman–Crippen LogP) is 3.06. The van der Waals surface area contributed by atoms with Crippen molar-refractivity contribution in [3.05, 3.63) is 26.7 Å². The minimum absolute atomic E-state index is 0.0182. The number of aliphatic carboxylic acids is 1. The monoisotopic (exact) mass is 375 g/mol. The van der Waals surface area contributed by atoms with Crippen LogP contribution in [0.4, 0.5) is 0 Å². The number of methoxy groups -OCH3 is 1. The number of fused-ring (bicyclic) bond motifs is 1. The van der Waals surface area contributed by atoms with Gasteiger partial charge in [-0.2, -0.15) is 0 Å². The van der Waals surface area contributed by atoms with Crippen molar-refractivity contribution >= 4 is 39.4 Å². The van der Waals surface area contributed by atoms with Crippen molar-refractivity contribution < 1.29 is 19.4 Å². The number of rotatable bonds is 4. The largest absolute Gasteiger partial charge is 0.495 e. The standard InChI is InChI=1S/C14H15BrClNO4/c1-7(14(19)20)3-12(18)17-5-8-9(6-17)13(16)11(21-2)4-10(8)15/h4,7H,3,5-6H2,1-2H3,(H,19,20)/t7-/m0/s1. The van der Waals surface area contributed by atoms with Crippen molar-refractivity contribution in [2.45, 2.75) is 26.4 Å². The summed E-state index contributed by atoms with van der Waals surface area (Å²) in [5.41, 5.74) is 1.79. The lowest BCUT2D eigenvalue weighted by molar-refractivity contribution is -0.145. The predicted molar refractivity (Wildman–Crippen MR) is 81.4 cm³/mol. The SMILES string of the molecule is COc1cc(Br)c2c(c1Cl)CN(C(=O)C[C@H](C)C(=O)O)C2. The first kappa shape index (κ1) is 16.1. The Morgan fingerprint density at radius 2 is 2.10 bits per heavy atom. The molecule has 5 nitrogen and oxygen atoms in total. The Kier molecular flexibility index (Phi) is 4.78. The second-order valence-electron chi connectivity index (χ2n) is 5.02. The average Bonchev–Trinajstić information content (AvgIpc) is 2.88. The minimum atomic E-state index is -0.971. The number of carboxylic acids is 1. The molecule has 1 aliphatic rings. The summed E-state index contributed by atoms with van der Waals surface area (Å²) in [5.74, 6) is -1.31. The van der Waals surface area contributed by atoms with E-state index in [9.17, 15) is 9.59 Å². The fraction of sp³-hybridized carbons (Fsp3) is 0.429. The average molecular weight is 377 g/mol. The summed E-state index contributed by atoms with van der Waals surface area (Å²) in [6.07, 6.45) is -0.0182. The van der Waals surface area contributed by atoms with E-state index in [-0.39, 0.29) is 12.3 Å². The van der Waals surface area contributed by atoms with Gasteiger partial charge in [-0.1, -0.05) is 34.5 Å². The molecular formula is C14H15BrClNO4. The third-order valence-corrected chi connectivity index (χ3v) is 4.69. The van der Waals surface area contributed by atoms with Gasteiger partial charge in [-0.05, 0) is 17.2 Å². The van der Waals surface area contributed by atoms with Gasteiger partial charge in [0.2, 0.25) is 5.91 Å². The molecule has 0 unspecified atom stereocenters. The number of carbonyl (C=O) groups excluding carboxylic acids is 1. The van der Waals surface area contributed by atoms with E-state index >= 15 is 0 Å². The molecule has 1 heterocycles. The highest BCUT2D eigenvalue weighted by atomic mass is 79.9. The first-order valence-electron chi connectivity index (χ1n) is 6.39. The summed E-state index contributed by atoms with van der Waals surface area (Å²) in [7, 11) is 1.53. The van der Waals surface area contributed by atoms with Crippen molar-refractivity contribution in [2.75, 3.05) is 7.11 Å². The van der Waals surface area contributed by atoms with Crippen LogP contribution in [0.3, 0.4) is 0 Å². The van der Waals surface area contributed by atoms with E-state index in [1.54, 1.807) is 11.0 Å². The maximum Gasteiger partial charge on any atom is 0.306 e. The van der Waals surface area contributed by atoms with Gasteiger partial charge in [-0.3, -0.25) is 9.59 Å². The van der Waals surface area contributed by atoms with Gasteiger partial charge >= 0.3 is 5.97 Å². The van der Waals surface area contributed by atoms with Crippen LogP contribution in [0.15, 0.2) is 10.5 Å². The molecule has 114 valence electrons. The molecule has 1 N–H and O–H groups in total. The number of hydrogen-bond acceptors (Lipinski definition) is 3. The minimum Gasteiger partial charge on any atom is -0.495 e. The van der Waals surface area contributed by atoms with Gasteiger partial charge in [0.05, 0.1) is 18.1 Å². The highest BCUT2D eigenvalue weighted by Gasteiger charge is 2.30. The molecule has 0 saturated heterocycles. The summed E-state index contributed by atoms with van der Waals surface area (Å²) in [5, 5.41) is 9.39. The second-order valence-corrected chi connectivity index (χ2v) is 6.26. The van der Waals surface area contributed by atoms with Crippen molar-refractivity contribution in [3.8, 4) is 5.75 Å². The van der Waals surface area contributed by atoms with Gasteiger partial charge in [0.1, 0.15) is 5.75 Å². The van der Waals surface area contributed by atoms with Crippen LogP contribution in [0.2, 0.25) is 5.02 Å². The van der Waals surface area contributed by atoms with Gasteiger partial charge in [0.25, 0.3) is 0 Å². The van der Waals surface area contributed by atoms with Crippen molar-refractivity contribution in [1.82, 2.24) is 4.90 Å². The summed E-state index contributed by atoms with van der Waals surface area (Å²) in [6.45, 7) is 2.31. The van der Waals surface area contributed by atoms with Crippen molar-refractivity contribution in [2.24, 2.45) is 5.92 Å². The number of halogens is 2. The molecule has 7 heteroatoms. The summed E-state index contributed by atoms with van der Waals surface area (Å²) in [4.78, 5) is 24.6. The number of ether oxygens (including phenoxy) is 1. The first-order valence-corrected chi connectivity index (χ1v) is 7.56. The molecule has 1 amide bonds. The van der Waals surface area contributed by atoms with Crippen LogP contribution in [0.1, 0.15) is 24.5 Å². The Labute approximate surface area is 136 Å². The number of amides is 1. The Balaban J connectivity index is 2.20. The lowest BCUT2D eigenvalue weighted by atomic mass is 10.1. The number of hydrogen-bond donors (Lipinski definition) is 1. The third-order valence-electron chi connectivity index (χ3n) is 3.56. The molecule has 0 saturated carbocycles. The normalized spacial score (nSPS) is 14.8. The van der Waals surface area contributed by atoms with E-state index in [0.29, 0.717) is 23.9 Å². The fourth-order valence-electron chi connectivity index (χ4n) is 2.27. The second kappa shape index (κ2) is 6.23. The van der Waals surface area contributed by atoms with E-state index in [4.69, 9.17) is 21.4 Å². The molecule has 0 aromatic heterocycles. The fourth-order valence-corrected chi connectivity index (χ4v) is 3.15. The number of carbonyl (C=O) groups is 2. The molecule has 0 radical (unpaired) electrons. The van der Waals surface area contributed by atoms with Gasteiger partial charge in [-0.15, -0.1) is 0 Å². The molecule has 1 aliphatic heterocycles. The molecule has 1 atom stereocenters. The smallest absolute Gasteiger partial charge is 0.306 e. The Bertz CT molecular complexity index is 605. The maximum atomic E-state index is 12.2. The molecule has 1 aromatic carbocycles. The molecule has 2 rings (SSSR count). The third kappa shape index (κ3) is 3.16. The van der Waals surface area contributed by atoms with Gasteiger partial charge < -0.3 is 14.7 Å². The van der Waals surface area contributed by atoms with E-state index in [2.05, 4.69) is 15.9 Å². The summed E-state index contributed by atoms with van der Waals surface area (Å²) in [6, 6.07) is 1.77. The number of benzene rings is 1. The van der Waals surface area contributed by atoms with E-state index in [0.717, 1.165) is 15.6 Å². The molecular weight excluding hydrogens is 362 g/mol. The van der Waals surface area contributed by atoms with Crippen molar-refractivity contribution in [1.29, 1.82) is 0 Å². The lowest BCUT2D eigenvalue weighted by Crippen LogP contribution is -2.28. The van der Waals surface area contributed by atoms with E-state index in [1.807, 2.05) is 0 Å². The molecule has 0 aliphatic carbocycles. The first-order chi connectivity index (χ1) is 9.85. The summed E-state index contributed by atoms with van der Waals surface area (Å²) < 4.78 is 6.03. The Morgan fingerprint density at radius 1 is 1.48 bits per heavy atom. The van der Waals surface area contributed by atoms with Crippen LogP contribution < -0.4 is 4.74 Å². The number of nitrogens with zero attached hydrogens (tertiary/aromatic N) is 1. The molecule has 0 spiro atoms. The van der Waals surface area contributed by atoms with Crippen LogP contribution in [-0.2, 0) is 22.7 Å². The van der Waals surface area contributed by atoms with Crippen LogP contribution >= 0.6 is 27.5 Å². The highest BCUT2D eigenvalue weighted by molar-refractivity contribution is 9.10. The lowest BCUT2D eigenvalue weighted by Gasteiger charge is -2.16. The topological polar surface area (TPSA) is 66.8 Å². The van der Waals surface area contributed by atoms with Gasteiger partial charge in [-0.25, -0.2) is 0 Å². The molecule has 0 bridgehead atoms. The van der Waals surface area contributed by atoms with Crippen LogP contribution in [0, 0.1) is 5.92 Å². The zero-order chi connectivity index (χ0) is 15.7. The van der Waals surface area contributed by atoms with Gasteiger partial charge in [0, 0.05) is 24.0 Å². The zero-order valence-electron chi connectivity index (χ0n) is 11.7. The molecule has 0 fully saturated rings. The maximum absolute atomic E-state index is 12.2. The molecule has 21 heavy (non-hydrogen) atoms. The van der Waals surface area contributed by atoms with Crippen LogP contribution in [0.25, 0.3) is 0 Å². The Morgan fingerprint density at radius 3 is 2.67 bits per heavy atom. The van der Waals surface area contributed by atoms with Gasteiger partial charge in [0.15, 0.2) is 0 Å². The van der Waals surface area contributed by atoms with E-state index in [1.165, 1.54) is 14.0 Å². The highest BCUT2D eigenvalue weighted by Crippen LogP contribution is 2.40. The van der Waals surface area contributed by atoms with E-state index < -0.39 is 11.9 Å². The van der Waals surface area contributed by atoms with Crippen LogP contribution in [-0.4, -0.2) is 29.0 Å². The van der Waals surface area contributed by atoms with Crippen LogP contribution in [0.5, 0.6) is 5.75 Å². The molecule has 1 aromatic rings. The number of carboxylic acid groups (broad SMARTS) is 1.